The fourth-order valence-corrected chi connectivity index (χ4v) is 5.79. The third-order valence-corrected chi connectivity index (χ3v) is 7.07. The van der Waals surface area contributed by atoms with Crippen LogP contribution in [0.15, 0.2) is 34.5 Å². The smallest absolute Gasteiger partial charge is 0.349 e. The van der Waals surface area contributed by atoms with E-state index in [9.17, 15) is 13.2 Å². The Bertz CT molecular complexity index is 890. The van der Waals surface area contributed by atoms with Crippen molar-refractivity contribution in [1.82, 2.24) is 10.0 Å². The van der Waals surface area contributed by atoms with Gasteiger partial charge in [0, 0.05) is 12.6 Å². The highest BCUT2D eigenvalue weighted by molar-refractivity contribution is 7.89. The van der Waals surface area contributed by atoms with Crippen molar-refractivity contribution in [3.63, 3.8) is 0 Å². The molecule has 0 fully saturated rings. The molecule has 1 aliphatic rings. The van der Waals surface area contributed by atoms with Gasteiger partial charge in [0.05, 0.1) is 7.11 Å². The molecule has 0 spiro atoms. The summed E-state index contributed by atoms with van der Waals surface area (Å²) in [4.78, 5) is 12.0. The quantitative estimate of drug-likeness (QED) is 0.775. The number of hydrogen-bond donors (Lipinski definition) is 2. The van der Waals surface area contributed by atoms with Crippen molar-refractivity contribution in [3.05, 3.63) is 51.2 Å². The summed E-state index contributed by atoms with van der Waals surface area (Å²) >= 11 is 1.08. The van der Waals surface area contributed by atoms with Crippen molar-refractivity contribution in [1.29, 1.82) is 0 Å². The van der Waals surface area contributed by atoms with Crippen molar-refractivity contribution < 1.29 is 17.9 Å². The second kappa shape index (κ2) is 7.25. The Morgan fingerprint density at radius 2 is 2.16 bits per heavy atom. The van der Waals surface area contributed by atoms with Crippen molar-refractivity contribution in [2.24, 2.45) is 0 Å². The fourth-order valence-electron chi connectivity index (χ4n) is 3.04. The second-order valence-corrected chi connectivity index (χ2v) is 8.46. The maximum Gasteiger partial charge on any atom is 0.349 e. The first-order valence-corrected chi connectivity index (χ1v) is 10.3. The monoisotopic (exact) mass is 380 g/mol. The number of thiophene rings is 1. The molecule has 8 heteroatoms. The zero-order valence-corrected chi connectivity index (χ0v) is 15.7. The first-order chi connectivity index (χ1) is 11.9. The number of ether oxygens (including phenoxy) is 1. The third-order valence-electron chi connectivity index (χ3n) is 4.25. The Balaban J connectivity index is 1.83. The molecule has 1 aromatic carbocycles. The number of fused-ring (bicyclic) bond motifs is 1. The molecule has 0 saturated heterocycles. The predicted molar refractivity (Wildman–Crippen MR) is 96.5 cm³/mol. The number of methoxy groups -OCH3 is 1. The molecule has 1 atom stereocenters. The van der Waals surface area contributed by atoms with Gasteiger partial charge < -0.3 is 10.1 Å². The zero-order chi connectivity index (χ0) is 18.0. The van der Waals surface area contributed by atoms with Crippen LogP contribution in [0.4, 0.5) is 0 Å². The maximum atomic E-state index is 12.8. The number of nitrogens with one attached hydrogen (secondary N) is 2. The summed E-state index contributed by atoms with van der Waals surface area (Å²) in [5.74, 6) is -0.639. The highest BCUT2D eigenvalue weighted by atomic mass is 32.2. The average Bonchev–Trinajstić information content (AvgIpc) is 3.01. The number of hydrogen-bond acceptors (Lipinski definition) is 6. The number of aryl methyl sites for hydroxylation is 1. The zero-order valence-electron chi connectivity index (χ0n) is 14.0. The highest BCUT2D eigenvalue weighted by Gasteiger charge is 2.29. The molecule has 1 aromatic heterocycles. The van der Waals surface area contributed by atoms with Gasteiger partial charge in [-0.15, -0.1) is 11.3 Å². The lowest BCUT2D eigenvalue weighted by atomic mass is 9.95. The number of carbonyl (C=O) groups excluding carboxylic acids is 1. The number of esters is 1. The van der Waals surface area contributed by atoms with E-state index < -0.39 is 16.0 Å². The van der Waals surface area contributed by atoms with Gasteiger partial charge in [-0.05, 0) is 42.0 Å². The average molecular weight is 380 g/mol. The van der Waals surface area contributed by atoms with E-state index in [1.54, 1.807) is 12.3 Å². The number of benzene rings is 1. The Morgan fingerprint density at radius 1 is 1.40 bits per heavy atom. The molecule has 0 aliphatic carbocycles. The maximum absolute atomic E-state index is 12.8. The molecule has 0 bridgehead atoms. The van der Waals surface area contributed by atoms with Gasteiger partial charge in [0.1, 0.15) is 9.77 Å². The van der Waals surface area contributed by atoms with Gasteiger partial charge in [0.25, 0.3) is 0 Å². The van der Waals surface area contributed by atoms with Crippen molar-refractivity contribution in [2.75, 3.05) is 20.2 Å². The van der Waals surface area contributed by atoms with Crippen molar-refractivity contribution >= 4 is 27.3 Å². The molecule has 2 heterocycles. The Kier molecular flexibility index (Phi) is 5.24. The van der Waals surface area contributed by atoms with E-state index in [1.165, 1.54) is 12.7 Å². The summed E-state index contributed by atoms with van der Waals surface area (Å²) in [5, 5.41) is 4.99. The van der Waals surface area contributed by atoms with E-state index in [1.807, 2.05) is 18.2 Å². The summed E-state index contributed by atoms with van der Waals surface area (Å²) in [6, 6.07) is 7.92. The van der Waals surface area contributed by atoms with Gasteiger partial charge >= 0.3 is 5.97 Å². The minimum Gasteiger partial charge on any atom is -0.465 e. The molecule has 3 rings (SSSR count). The van der Waals surface area contributed by atoms with Crippen LogP contribution in [0.2, 0.25) is 0 Å². The summed E-state index contributed by atoms with van der Waals surface area (Å²) in [6.07, 6.45) is 0.926. The van der Waals surface area contributed by atoms with Crippen LogP contribution in [0.5, 0.6) is 0 Å². The van der Waals surface area contributed by atoms with Crippen LogP contribution < -0.4 is 10.0 Å². The fraction of sp³-hybridized carbons (Fsp3) is 0.353. The van der Waals surface area contributed by atoms with Crippen LogP contribution in [0, 0.1) is 6.92 Å². The third kappa shape index (κ3) is 3.62. The van der Waals surface area contributed by atoms with Gasteiger partial charge in [-0.1, -0.05) is 24.3 Å². The number of sulfonamides is 1. The molecule has 6 nitrogen and oxygen atoms in total. The summed E-state index contributed by atoms with van der Waals surface area (Å²) < 4.78 is 32.9. The van der Waals surface area contributed by atoms with Gasteiger partial charge in [-0.25, -0.2) is 17.9 Å². The van der Waals surface area contributed by atoms with Gasteiger partial charge in [0.15, 0.2) is 0 Å². The van der Waals surface area contributed by atoms with Crippen LogP contribution in [-0.2, 0) is 21.2 Å². The Hall–Kier alpha value is -1.74. The lowest BCUT2D eigenvalue weighted by Gasteiger charge is -2.27. The van der Waals surface area contributed by atoms with Crippen molar-refractivity contribution in [2.45, 2.75) is 24.3 Å². The van der Waals surface area contributed by atoms with E-state index in [4.69, 9.17) is 4.74 Å². The van der Waals surface area contributed by atoms with Crippen LogP contribution in [0.3, 0.4) is 0 Å². The standard InChI is InChI=1S/C17H20N2O4S2/c1-11-10-24-15(17(20)23-2)16(11)25(21,22)19-9-14-13-6-4-3-5-12(13)7-8-18-14/h3-6,10,14,18-19H,7-9H2,1-2H3. The number of carbonyl (C=O) groups is 1. The minimum absolute atomic E-state index is 0.00782. The van der Waals surface area contributed by atoms with Crippen molar-refractivity contribution in [3.8, 4) is 0 Å². The molecule has 25 heavy (non-hydrogen) atoms. The normalized spacial score (nSPS) is 17.1. The molecule has 1 aliphatic heterocycles. The minimum atomic E-state index is -3.82. The summed E-state index contributed by atoms with van der Waals surface area (Å²) in [6.45, 7) is 2.69. The lowest BCUT2D eigenvalue weighted by Crippen LogP contribution is -2.39. The largest absolute Gasteiger partial charge is 0.465 e. The topological polar surface area (TPSA) is 84.5 Å². The highest BCUT2D eigenvalue weighted by Crippen LogP contribution is 2.28. The first kappa shape index (κ1) is 18.1. The second-order valence-electron chi connectivity index (χ2n) is 5.88. The van der Waals surface area contributed by atoms with Crippen LogP contribution >= 0.6 is 11.3 Å². The SMILES string of the molecule is COC(=O)c1scc(C)c1S(=O)(=O)NCC1NCCc2ccccc21. The molecule has 1 unspecified atom stereocenters. The van der Waals surface area contributed by atoms with Crippen LogP contribution in [-0.4, -0.2) is 34.6 Å². The molecular weight excluding hydrogens is 360 g/mol. The van der Waals surface area contributed by atoms with Gasteiger partial charge in [-0.2, -0.15) is 0 Å². The van der Waals surface area contributed by atoms with Gasteiger partial charge in [0.2, 0.25) is 10.0 Å². The number of rotatable bonds is 5. The summed E-state index contributed by atoms with van der Waals surface area (Å²) in [5.41, 5.74) is 2.87. The van der Waals surface area contributed by atoms with Gasteiger partial charge in [-0.3, -0.25) is 0 Å². The van der Waals surface area contributed by atoms with E-state index in [2.05, 4.69) is 16.1 Å². The Labute approximate surface area is 151 Å². The van der Waals surface area contributed by atoms with E-state index in [0.29, 0.717) is 5.56 Å². The van der Waals surface area contributed by atoms with Crippen LogP contribution in [0.25, 0.3) is 0 Å². The molecular formula is C17H20N2O4S2. The molecule has 2 aromatic rings. The van der Waals surface area contributed by atoms with E-state index in [-0.39, 0.29) is 22.4 Å². The molecule has 0 amide bonds. The lowest BCUT2D eigenvalue weighted by molar-refractivity contribution is 0.0602. The van der Waals surface area contributed by atoms with E-state index >= 15 is 0 Å². The van der Waals surface area contributed by atoms with Crippen LogP contribution in [0.1, 0.15) is 32.4 Å². The molecule has 134 valence electrons. The first-order valence-electron chi connectivity index (χ1n) is 7.91. The molecule has 0 radical (unpaired) electrons. The van der Waals surface area contributed by atoms with E-state index in [0.717, 1.165) is 29.9 Å². The summed E-state index contributed by atoms with van der Waals surface area (Å²) in [7, 11) is -2.58. The predicted octanol–water partition coefficient (Wildman–Crippen LogP) is 2.01. The molecule has 2 N–H and O–H groups in total. The molecule has 0 saturated carbocycles. The Morgan fingerprint density at radius 3 is 2.92 bits per heavy atom.